The highest BCUT2D eigenvalue weighted by molar-refractivity contribution is 8.01. The lowest BCUT2D eigenvalue weighted by Crippen LogP contribution is -2.15. The molecule has 3 nitrogen and oxygen atoms in total. The molecule has 0 aliphatic carbocycles. The zero-order valence-electron chi connectivity index (χ0n) is 6.09. The first kappa shape index (κ1) is 9.23. The highest BCUT2D eigenvalue weighted by atomic mass is 32.2. The summed E-state index contributed by atoms with van der Waals surface area (Å²) < 4.78 is 0. The van der Waals surface area contributed by atoms with Crippen LogP contribution in [0.1, 0.15) is 0 Å². The van der Waals surface area contributed by atoms with Gasteiger partial charge < -0.3 is 5.32 Å². The predicted octanol–water partition coefficient (Wildman–Crippen LogP) is 1.09. The first-order valence-electron chi connectivity index (χ1n) is 2.79. The molecule has 0 radical (unpaired) electrons. The average Bonchev–Trinajstić information content (AvgIpc) is 1.98. The molecule has 2 N–H and O–H groups in total. The average molecular weight is 157 g/mol. The van der Waals surface area contributed by atoms with Crippen molar-refractivity contribution in [3.8, 4) is 0 Å². The minimum Gasteiger partial charge on any atom is -0.373 e. The SMILES string of the molecule is CNC(/C=C/SC)=N/C=N. The van der Waals surface area contributed by atoms with E-state index < -0.39 is 0 Å². The molecule has 0 saturated heterocycles. The molecular weight excluding hydrogens is 146 g/mol. The number of hydrogen-bond donors (Lipinski definition) is 2. The van der Waals surface area contributed by atoms with Gasteiger partial charge in [0.2, 0.25) is 0 Å². The Kier molecular flexibility index (Phi) is 5.86. The highest BCUT2D eigenvalue weighted by Crippen LogP contribution is 1.92. The summed E-state index contributed by atoms with van der Waals surface area (Å²) in [5.74, 6) is 0.698. The molecule has 0 spiro atoms. The molecule has 0 rings (SSSR count). The summed E-state index contributed by atoms with van der Waals surface area (Å²) in [5, 5.41) is 11.4. The molecule has 0 fully saturated rings. The summed E-state index contributed by atoms with van der Waals surface area (Å²) in [5.41, 5.74) is 0. The maximum Gasteiger partial charge on any atom is 0.127 e. The van der Waals surface area contributed by atoms with E-state index in [2.05, 4.69) is 10.3 Å². The van der Waals surface area contributed by atoms with E-state index in [9.17, 15) is 0 Å². The number of nitrogens with zero attached hydrogens (tertiary/aromatic N) is 1. The fourth-order valence-electron chi connectivity index (χ4n) is 0.393. The quantitative estimate of drug-likeness (QED) is 0.476. The van der Waals surface area contributed by atoms with Crippen LogP contribution in [0.2, 0.25) is 0 Å². The molecule has 56 valence electrons. The molecule has 0 bridgehead atoms. The predicted molar refractivity (Wildman–Crippen MR) is 47.9 cm³/mol. The van der Waals surface area contributed by atoms with E-state index in [4.69, 9.17) is 5.41 Å². The fourth-order valence-corrected chi connectivity index (χ4v) is 0.658. The number of hydrogen-bond acceptors (Lipinski definition) is 2. The second kappa shape index (κ2) is 6.35. The molecule has 0 aromatic heterocycles. The lowest BCUT2D eigenvalue weighted by Gasteiger charge is -1.94. The molecule has 0 heterocycles. The van der Waals surface area contributed by atoms with Crippen LogP contribution >= 0.6 is 11.8 Å². The van der Waals surface area contributed by atoms with E-state index in [1.165, 1.54) is 0 Å². The minimum atomic E-state index is 0.698. The molecule has 0 saturated carbocycles. The van der Waals surface area contributed by atoms with E-state index >= 15 is 0 Å². The monoisotopic (exact) mass is 157 g/mol. The Morgan fingerprint density at radius 3 is 2.80 bits per heavy atom. The van der Waals surface area contributed by atoms with Gasteiger partial charge in [0.15, 0.2) is 0 Å². The standard InChI is InChI=1S/C6H11N3S/c1-8-6(9-5-7)3-4-10-2/h3-5H,1-2H3,(H2,7,8,9)/b4-3+. The number of rotatable bonds is 3. The fraction of sp³-hybridized carbons (Fsp3) is 0.333. The molecule has 10 heavy (non-hydrogen) atoms. The molecule has 0 amide bonds. The van der Waals surface area contributed by atoms with Gasteiger partial charge in [0.1, 0.15) is 12.2 Å². The summed E-state index contributed by atoms with van der Waals surface area (Å²) in [7, 11) is 1.77. The molecule has 0 atom stereocenters. The maximum absolute atomic E-state index is 6.68. The largest absolute Gasteiger partial charge is 0.373 e. The Morgan fingerprint density at radius 2 is 2.40 bits per heavy atom. The van der Waals surface area contributed by atoms with Gasteiger partial charge in [-0.25, -0.2) is 4.99 Å². The van der Waals surface area contributed by atoms with E-state index in [0.717, 1.165) is 6.34 Å². The van der Waals surface area contributed by atoms with Gasteiger partial charge in [-0.3, -0.25) is 5.41 Å². The van der Waals surface area contributed by atoms with Gasteiger partial charge in [0.05, 0.1) is 0 Å². The Hall–Kier alpha value is -0.770. The van der Waals surface area contributed by atoms with Crippen molar-refractivity contribution >= 4 is 23.9 Å². The van der Waals surface area contributed by atoms with Crippen LogP contribution in [0.15, 0.2) is 16.5 Å². The number of thioether (sulfide) groups is 1. The summed E-state index contributed by atoms with van der Waals surface area (Å²) >= 11 is 1.59. The molecular formula is C6H11N3S. The van der Waals surface area contributed by atoms with Crippen LogP contribution in [0.3, 0.4) is 0 Å². The van der Waals surface area contributed by atoms with Gasteiger partial charge in [-0.05, 0) is 17.7 Å². The Labute approximate surface area is 65.1 Å². The summed E-state index contributed by atoms with van der Waals surface area (Å²) in [6, 6.07) is 0. The van der Waals surface area contributed by atoms with Gasteiger partial charge in [0, 0.05) is 7.05 Å². The zero-order valence-corrected chi connectivity index (χ0v) is 6.90. The third-order valence-electron chi connectivity index (χ3n) is 0.822. The van der Waals surface area contributed by atoms with E-state index in [0.29, 0.717) is 5.84 Å². The van der Waals surface area contributed by atoms with E-state index in [1.807, 2.05) is 17.7 Å². The van der Waals surface area contributed by atoms with Gasteiger partial charge in [-0.2, -0.15) is 0 Å². The second-order valence-corrected chi connectivity index (χ2v) is 2.18. The maximum atomic E-state index is 6.68. The molecule has 0 aromatic carbocycles. The Morgan fingerprint density at radius 1 is 1.70 bits per heavy atom. The number of aliphatic imine (C=N–C) groups is 1. The van der Waals surface area contributed by atoms with Crippen molar-refractivity contribution in [1.82, 2.24) is 5.32 Å². The number of likely N-dealkylation sites (N-methyl/N-ethyl adjacent to an activating group) is 1. The molecule has 0 unspecified atom stereocenters. The van der Waals surface area contributed by atoms with Crippen molar-refractivity contribution in [1.29, 1.82) is 5.41 Å². The first-order chi connectivity index (χ1) is 4.85. The van der Waals surface area contributed by atoms with Crippen LogP contribution in [0, 0.1) is 5.41 Å². The summed E-state index contributed by atoms with van der Waals surface area (Å²) in [6.07, 6.45) is 4.79. The highest BCUT2D eigenvalue weighted by Gasteiger charge is 1.83. The van der Waals surface area contributed by atoms with Crippen molar-refractivity contribution in [3.05, 3.63) is 11.5 Å². The number of nitrogens with one attached hydrogen (secondary N) is 2. The van der Waals surface area contributed by atoms with Crippen molar-refractivity contribution < 1.29 is 0 Å². The van der Waals surface area contributed by atoms with Crippen LogP contribution in [-0.4, -0.2) is 25.5 Å². The summed E-state index contributed by atoms with van der Waals surface area (Å²) in [4.78, 5) is 3.73. The Bertz CT molecular complexity index is 151. The normalized spacial score (nSPS) is 12.0. The third-order valence-corrected chi connectivity index (χ3v) is 1.23. The van der Waals surface area contributed by atoms with Crippen molar-refractivity contribution in [2.45, 2.75) is 0 Å². The summed E-state index contributed by atoms with van der Waals surface area (Å²) in [6.45, 7) is 0. The van der Waals surface area contributed by atoms with Gasteiger partial charge in [0.25, 0.3) is 0 Å². The molecule has 4 heteroatoms. The zero-order chi connectivity index (χ0) is 7.82. The molecule has 0 aromatic rings. The van der Waals surface area contributed by atoms with Crippen LogP contribution in [0.4, 0.5) is 0 Å². The van der Waals surface area contributed by atoms with Gasteiger partial charge in [-0.15, -0.1) is 11.8 Å². The smallest absolute Gasteiger partial charge is 0.127 e. The van der Waals surface area contributed by atoms with Gasteiger partial charge in [-0.1, -0.05) is 0 Å². The van der Waals surface area contributed by atoms with Crippen molar-refractivity contribution in [2.24, 2.45) is 4.99 Å². The molecule has 0 aliphatic rings. The number of amidine groups is 1. The topological polar surface area (TPSA) is 48.2 Å². The van der Waals surface area contributed by atoms with E-state index in [-0.39, 0.29) is 0 Å². The second-order valence-electron chi connectivity index (χ2n) is 1.43. The lowest BCUT2D eigenvalue weighted by molar-refractivity contribution is 1.18. The van der Waals surface area contributed by atoms with Crippen molar-refractivity contribution in [2.75, 3.05) is 13.3 Å². The lowest BCUT2D eigenvalue weighted by atomic mass is 10.6. The van der Waals surface area contributed by atoms with Crippen LogP contribution < -0.4 is 5.32 Å². The minimum absolute atomic E-state index is 0.698. The van der Waals surface area contributed by atoms with Crippen LogP contribution in [-0.2, 0) is 0 Å². The first-order valence-corrected chi connectivity index (χ1v) is 4.07. The van der Waals surface area contributed by atoms with Crippen LogP contribution in [0.25, 0.3) is 0 Å². The van der Waals surface area contributed by atoms with Crippen molar-refractivity contribution in [3.63, 3.8) is 0 Å². The molecule has 0 aliphatic heterocycles. The van der Waals surface area contributed by atoms with Crippen LogP contribution in [0.5, 0.6) is 0 Å². The van der Waals surface area contributed by atoms with E-state index in [1.54, 1.807) is 18.8 Å². The third kappa shape index (κ3) is 4.14. The van der Waals surface area contributed by atoms with Gasteiger partial charge >= 0.3 is 0 Å². The Balaban J connectivity index is 3.94.